The van der Waals surface area contributed by atoms with Crippen LogP contribution in [0.5, 0.6) is 0 Å². The summed E-state index contributed by atoms with van der Waals surface area (Å²) in [6.07, 6.45) is 1.22. The molecule has 4 heteroatoms. The van der Waals surface area contributed by atoms with Gasteiger partial charge in [0, 0.05) is 13.1 Å². The molecule has 0 aliphatic rings. The van der Waals surface area contributed by atoms with Crippen LogP contribution in [0.4, 0.5) is 0 Å². The highest BCUT2D eigenvalue weighted by molar-refractivity contribution is 5.86. The molecule has 1 amide bonds. The van der Waals surface area contributed by atoms with E-state index >= 15 is 0 Å². The molecule has 0 atom stereocenters. The van der Waals surface area contributed by atoms with Crippen LogP contribution >= 0.6 is 0 Å². The smallest absolute Gasteiger partial charge is 0.243 e. The number of nitrogens with two attached hydrogens (primary N) is 1. The molecule has 0 spiro atoms. The van der Waals surface area contributed by atoms with Gasteiger partial charge in [-0.2, -0.15) is 0 Å². The Hall–Kier alpha value is -0.870. The van der Waals surface area contributed by atoms with E-state index in [0.29, 0.717) is 13.1 Å². The normalized spacial score (nSPS) is 8.56. The Morgan fingerprint density at radius 1 is 1.67 bits per heavy atom. The Morgan fingerprint density at radius 2 is 2.33 bits per heavy atom. The van der Waals surface area contributed by atoms with Gasteiger partial charge in [0.2, 0.25) is 5.91 Å². The maximum atomic E-state index is 10.4. The predicted octanol–water partition coefficient (Wildman–Crippen LogP) is -1.25. The van der Waals surface area contributed by atoms with Gasteiger partial charge in [0.05, 0.1) is 0 Å². The zero-order chi connectivity index (χ0) is 7.11. The number of hydrogen-bond acceptors (Lipinski definition) is 3. The second kappa shape index (κ2) is 5.27. The third-order valence-corrected chi connectivity index (χ3v) is 0.754. The highest BCUT2D eigenvalue weighted by Gasteiger charge is 1.88. The van der Waals surface area contributed by atoms with Crippen LogP contribution in [-0.4, -0.2) is 19.0 Å². The zero-order valence-corrected chi connectivity index (χ0v) is 5.18. The Morgan fingerprint density at radius 3 is 2.78 bits per heavy atom. The molecule has 0 aromatic heterocycles. The van der Waals surface area contributed by atoms with E-state index in [4.69, 9.17) is 5.84 Å². The Kier molecular flexibility index (Phi) is 4.76. The van der Waals surface area contributed by atoms with E-state index in [9.17, 15) is 4.79 Å². The second-order valence-electron chi connectivity index (χ2n) is 1.45. The zero-order valence-electron chi connectivity index (χ0n) is 5.18. The average Bonchev–Trinajstić information content (AvgIpc) is 1.89. The van der Waals surface area contributed by atoms with Crippen LogP contribution in [0, 0.1) is 0 Å². The third kappa shape index (κ3) is 4.99. The largest absolute Gasteiger partial charge is 0.351 e. The van der Waals surface area contributed by atoms with Crippen molar-refractivity contribution in [1.29, 1.82) is 0 Å². The molecule has 0 unspecified atom stereocenters. The fraction of sp³-hybridized carbons (Fsp3) is 0.400. The molecule has 0 aromatic carbocycles. The number of hydrazine groups is 1. The topological polar surface area (TPSA) is 67.2 Å². The summed E-state index contributed by atoms with van der Waals surface area (Å²) in [5, 5.41) is 2.53. The van der Waals surface area contributed by atoms with Gasteiger partial charge >= 0.3 is 0 Å². The molecule has 0 rings (SSSR count). The monoisotopic (exact) mass is 129 g/mol. The Balaban J connectivity index is 3.07. The summed E-state index contributed by atoms with van der Waals surface area (Å²) in [6.45, 7) is 4.37. The minimum Gasteiger partial charge on any atom is -0.351 e. The molecule has 4 N–H and O–H groups in total. The quantitative estimate of drug-likeness (QED) is 0.192. The van der Waals surface area contributed by atoms with Gasteiger partial charge in [-0.15, -0.1) is 0 Å². The SMILES string of the molecule is C=CC(=O)NCCNN. The van der Waals surface area contributed by atoms with Crippen molar-refractivity contribution in [3.8, 4) is 0 Å². The van der Waals surface area contributed by atoms with Crippen LogP contribution < -0.4 is 16.6 Å². The summed E-state index contributed by atoms with van der Waals surface area (Å²) in [5.41, 5.74) is 2.40. The van der Waals surface area contributed by atoms with Crippen LogP contribution in [0.25, 0.3) is 0 Å². The minimum atomic E-state index is -0.176. The van der Waals surface area contributed by atoms with Crippen LogP contribution in [0.3, 0.4) is 0 Å². The summed E-state index contributed by atoms with van der Waals surface area (Å²) in [7, 11) is 0. The van der Waals surface area contributed by atoms with Gasteiger partial charge in [-0.1, -0.05) is 6.58 Å². The van der Waals surface area contributed by atoms with E-state index in [2.05, 4.69) is 17.3 Å². The van der Waals surface area contributed by atoms with Gasteiger partial charge < -0.3 is 5.32 Å². The van der Waals surface area contributed by atoms with Crippen molar-refractivity contribution in [2.45, 2.75) is 0 Å². The van der Waals surface area contributed by atoms with E-state index in [-0.39, 0.29) is 5.91 Å². The van der Waals surface area contributed by atoms with Crippen molar-refractivity contribution in [2.24, 2.45) is 5.84 Å². The molecule has 0 fully saturated rings. The molecule has 9 heavy (non-hydrogen) atoms. The van der Waals surface area contributed by atoms with E-state index in [1.165, 1.54) is 6.08 Å². The van der Waals surface area contributed by atoms with Crippen LogP contribution in [-0.2, 0) is 4.79 Å². The summed E-state index contributed by atoms with van der Waals surface area (Å²) < 4.78 is 0. The lowest BCUT2D eigenvalue weighted by molar-refractivity contribution is -0.116. The second-order valence-corrected chi connectivity index (χ2v) is 1.45. The summed E-state index contributed by atoms with van der Waals surface area (Å²) in [5.74, 6) is 4.75. The molecule has 0 aliphatic carbocycles. The molecule has 0 radical (unpaired) electrons. The van der Waals surface area contributed by atoms with Crippen LogP contribution in [0.1, 0.15) is 0 Å². The number of rotatable bonds is 4. The average molecular weight is 129 g/mol. The lowest BCUT2D eigenvalue weighted by Crippen LogP contribution is -2.33. The van der Waals surface area contributed by atoms with Gasteiger partial charge in [-0.25, -0.2) is 0 Å². The first-order chi connectivity index (χ1) is 4.31. The molecule has 52 valence electrons. The molecule has 0 heterocycles. The van der Waals surface area contributed by atoms with Crippen LogP contribution in [0.2, 0.25) is 0 Å². The highest BCUT2D eigenvalue weighted by atomic mass is 16.1. The first-order valence-electron chi connectivity index (χ1n) is 2.65. The van der Waals surface area contributed by atoms with Crippen LogP contribution in [0.15, 0.2) is 12.7 Å². The van der Waals surface area contributed by atoms with E-state index in [0.717, 1.165) is 0 Å². The fourth-order valence-corrected chi connectivity index (χ4v) is 0.330. The van der Waals surface area contributed by atoms with Gasteiger partial charge in [-0.05, 0) is 6.08 Å². The van der Waals surface area contributed by atoms with E-state index < -0.39 is 0 Å². The van der Waals surface area contributed by atoms with Gasteiger partial charge in [0.15, 0.2) is 0 Å². The molecule has 0 bridgehead atoms. The molecule has 4 nitrogen and oxygen atoms in total. The summed E-state index contributed by atoms with van der Waals surface area (Å²) >= 11 is 0. The predicted molar refractivity (Wildman–Crippen MR) is 35.4 cm³/mol. The first-order valence-corrected chi connectivity index (χ1v) is 2.65. The summed E-state index contributed by atoms with van der Waals surface area (Å²) in [4.78, 5) is 10.4. The van der Waals surface area contributed by atoms with Crippen molar-refractivity contribution in [2.75, 3.05) is 13.1 Å². The molecule has 0 aromatic rings. The molecular formula is C5H11N3O. The van der Waals surface area contributed by atoms with Crippen molar-refractivity contribution < 1.29 is 4.79 Å². The van der Waals surface area contributed by atoms with E-state index in [1.807, 2.05) is 0 Å². The lowest BCUT2D eigenvalue weighted by Gasteiger charge is -1.98. The highest BCUT2D eigenvalue weighted by Crippen LogP contribution is 1.62. The summed E-state index contributed by atoms with van der Waals surface area (Å²) in [6, 6.07) is 0. The first kappa shape index (κ1) is 8.13. The Bertz CT molecular complexity index is 102. The molecule has 0 aliphatic heterocycles. The van der Waals surface area contributed by atoms with Crippen molar-refractivity contribution >= 4 is 5.91 Å². The molecular weight excluding hydrogens is 118 g/mol. The number of nitrogens with one attached hydrogen (secondary N) is 2. The fourth-order valence-electron chi connectivity index (χ4n) is 0.330. The third-order valence-electron chi connectivity index (χ3n) is 0.754. The number of carbonyl (C=O) groups excluding carboxylic acids is 1. The molecule has 0 saturated carbocycles. The maximum Gasteiger partial charge on any atom is 0.243 e. The van der Waals surface area contributed by atoms with Crippen molar-refractivity contribution in [1.82, 2.24) is 10.7 Å². The molecule has 0 saturated heterocycles. The van der Waals surface area contributed by atoms with Crippen molar-refractivity contribution in [3.63, 3.8) is 0 Å². The lowest BCUT2D eigenvalue weighted by atomic mass is 10.5. The number of amides is 1. The van der Waals surface area contributed by atoms with Gasteiger partial charge in [0.25, 0.3) is 0 Å². The number of hydrogen-bond donors (Lipinski definition) is 3. The van der Waals surface area contributed by atoms with Gasteiger partial charge in [-0.3, -0.25) is 16.1 Å². The van der Waals surface area contributed by atoms with E-state index in [1.54, 1.807) is 0 Å². The Labute approximate surface area is 54.1 Å². The maximum absolute atomic E-state index is 10.4. The minimum absolute atomic E-state index is 0.176. The number of carbonyl (C=O) groups is 1. The standard InChI is InChI=1S/C5H11N3O/c1-2-5(9)7-3-4-8-6/h2,8H,1,3-4,6H2,(H,7,9). The van der Waals surface area contributed by atoms with Gasteiger partial charge in [0.1, 0.15) is 0 Å². The van der Waals surface area contributed by atoms with Crippen molar-refractivity contribution in [3.05, 3.63) is 12.7 Å².